The fraction of sp³-hybridized carbons (Fsp3) is 0.304. The summed E-state index contributed by atoms with van der Waals surface area (Å²) in [6.07, 6.45) is 0.747. The maximum Gasteiger partial charge on any atom is 0.260 e. The summed E-state index contributed by atoms with van der Waals surface area (Å²) in [7, 11) is 3.25. The van der Waals surface area contributed by atoms with E-state index in [0.717, 1.165) is 17.5 Å². The zero-order valence-electron chi connectivity index (χ0n) is 17.1. The second-order valence-electron chi connectivity index (χ2n) is 7.16. The van der Waals surface area contributed by atoms with Gasteiger partial charge < -0.3 is 18.9 Å². The van der Waals surface area contributed by atoms with Crippen LogP contribution in [0.2, 0.25) is 0 Å². The van der Waals surface area contributed by atoms with E-state index >= 15 is 0 Å². The summed E-state index contributed by atoms with van der Waals surface area (Å²) in [5, 5.41) is 4.16. The van der Waals surface area contributed by atoms with Gasteiger partial charge in [0.25, 0.3) is 5.91 Å². The molecule has 0 saturated heterocycles. The van der Waals surface area contributed by atoms with Gasteiger partial charge in [-0.3, -0.25) is 4.79 Å². The highest BCUT2D eigenvalue weighted by atomic mass is 16.5. The molecule has 4 rings (SSSR count). The topological polar surface area (TPSA) is 64.8 Å². The molecule has 3 aromatic rings. The predicted molar refractivity (Wildman–Crippen MR) is 109 cm³/mol. The molecule has 0 unspecified atom stereocenters. The quantitative estimate of drug-likeness (QED) is 0.657. The van der Waals surface area contributed by atoms with E-state index < -0.39 is 0 Å². The van der Waals surface area contributed by atoms with E-state index in [-0.39, 0.29) is 11.9 Å². The number of carbonyl (C=O) groups excluding carboxylic acids is 1. The maximum atomic E-state index is 13.5. The summed E-state index contributed by atoms with van der Waals surface area (Å²) >= 11 is 0. The molecule has 2 heterocycles. The van der Waals surface area contributed by atoms with Crippen LogP contribution in [0.4, 0.5) is 0 Å². The first-order valence-corrected chi connectivity index (χ1v) is 9.62. The van der Waals surface area contributed by atoms with E-state index in [9.17, 15) is 4.79 Å². The van der Waals surface area contributed by atoms with Crippen molar-refractivity contribution >= 4 is 5.91 Å². The summed E-state index contributed by atoms with van der Waals surface area (Å²) in [5.74, 6) is 1.83. The lowest BCUT2D eigenvalue weighted by Gasteiger charge is -2.35. The van der Waals surface area contributed by atoms with Crippen molar-refractivity contribution in [2.75, 3.05) is 20.8 Å². The van der Waals surface area contributed by atoms with Crippen LogP contribution in [0, 0.1) is 6.92 Å². The molecule has 0 radical (unpaired) electrons. The third-order valence-corrected chi connectivity index (χ3v) is 5.57. The molecule has 0 saturated carbocycles. The highest BCUT2D eigenvalue weighted by Crippen LogP contribution is 2.39. The molecule has 0 aliphatic carbocycles. The second-order valence-corrected chi connectivity index (χ2v) is 7.16. The van der Waals surface area contributed by atoms with Crippen LogP contribution >= 0.6 is 0 Å². The number of fused-ring (bicyclic) bond motifs is 1. The van der Waals surface area contributed by atoms with Crippen LogP contribution in [-0.4, -0.2) is 36.7 Å². The summed E-state index contributed by atoms with van der Waals surface area (Å²) < 4.78 is 16.3. The number of aromatic nitrogens is 1. The van der Waals surface area contributed by atoms with Gasteiger partial charge in [-0.2, -0.15) is 0 Å². The first-order chi connectivity index (χ1) is 14.0. The molecule has 29 heavy (non-hydrogen) atoms. The Bertz CT molecular complexity index is 1040. The number of hydrogen-bond donors (Lipinski definition) is 0. The molecule has 0 bridgehead atoms. The minimum Gasteiger partial charge on any atom is -0.493 e. The Hall–Kier alpha value is -3.28. The van der Waals surface area contributed by atoms with Crippen molar-refractivity contribution < 1.29 is 18.8 Å². The molecule has 0 fully saturated rings. The Morgan fingerprint density at radius 2 is 1.83 bits per heavy atom. The van der Waals surface area contributed by atoms with Crippen molar-refractivity contribution in [1.29, 1.82) is 0 Å². The number of benzene rings is 2. The molecule has 2 aromatic carbocycles. The summed E-state index contributed by atoms with van der Waals surface area (Å²) in [4.78, 5) is 15.4. The summed E-state index contributed by atoms with van der Waals surface area (Å²) in [6, 6.07) is 13.5. The molecular formula is C23H24N2O4. The lowest BCUT2D eigenvalue weighted by molar-refractivity contribution is 0.0676. The largest absolute Gasteiger partial charge is 0.493 e. The Balaban J connectivity index is 1.71. The van der Waals surface area contributed by atoms with Crippen LogP contribution in [0.5, 0.6) is 11.5 Å². The number of methoxy groups -OCH3 is 2. The van der Waals surface area contributed by atoms with E-state index in [1.54, 1.807) is 21.1 Å². The number of carbonyl (C=O) groups is 1. The summed E-state index contributed by atoms with van der Waals surface area (Å²) in [6.45, 7) is 4.43. The standard InChI is InChI=1S/C23H24N2O4/c1-14-18-13-20(28-4)19(27-3)12-17(18)10-11-25(14)23(26)21-15(2)29-24-22(21)16-8-6-5-7-9-16/h5-9,12-14H,10-11H2,1-4H3/t14-/m0/s1. The van der Waals surface area contributed by atoms with Crippen molar-refractivity contribution in [3.05, 3.63) is 64.9 Å². The van der Waals surface area contributed by atoms with Crippen molar-refractivity contribution in [2.24, 2.45) is 0 Å². The number of rotatable bonds is 4. The van der Waals surface area contributed by atoms with Crippen molar-refractivity contribution in [3.63, 3.8) is 0 Å². The average molecular weight is 392 g/mol. The number of aryl methyl sites for hydroxylation is 1. The molecule has 1 aromatic heterocycles. The molecule has 1 amide bonds. The maximum absolute atomic E-state index is 13.5. The zero-order valence-corrected chi connectivity index (χ0v) is 17.1. The monoisotopic (exact) mass is 392 g/mol. The molecule has 0 spiro atoms. The molecule has 6 nitrogen and oxygen atoms in total. The van der Waals surface area contributed by atoms with Gasteiger partial charge in [0.05, 0.1) is 20.3 Å². The third kappa shape index (κ3) is 3.24. The van der Waals surface area contributed by atoms with Gasteiger partial charge in [0, 0.05) is 12.1 Å². The Morgan fingerprint density at radius 3 is 2.52 bits per heavy atom. The number of hydrogen-bond acceptors (Lipinski definition) is 5. The lowest BCUT2D eigenvalue weighted by atomic mass is 9.92. The SMILES string of the molecule is COc1cc2c(cc1OC)[C@H](C)N(C(=O)c1c(-c3ccccc3)noc1C)CC2. The van der Waals surface area contributed by atoms with Crippen LogP contribution in [0.3, 0.4) is 0 Å². The molecule has 6 heteroatoms. The van der Waals surface area contributed by atoms with E-state index in [4.69, 9.17) is 14.0 Å². The molecule has 0 N–H and O–H groups in total. The minimum atomic E-state index is -0.107. The first kappa shape index (κ1) is 19.1. The van der Waals surface area contributed by atoms with Gasteiger partial charge in [0.15, 0.2) is 11.5 Å². The predicted octanol–water partition coefficient (Wildman–Crippen LogP) is 4.43. The number of amides is 1. The van der Waals surface area contributed by atoms with Gasteiger partial charge in [0.1, 0.15) is 17.0 Å². The van der Waals surface area contributed by atoms with Gasteiger partial charge in [-0.05, 0) is 43.5 Å². The van der Waals surface area contributed by atoms with E-state index in [1.165, 1.54) is 5.56 Å². The van der Waals surface area contributed by atoms with Crippen LogP contribution in [0.15, 0.2) is 47.0 Å². The fourth-order valence-electron chi connectivity index (χ4n) is 3.98. The van der Waals surface area contributed by atoms with E-state index in [1.807, 2.05) is 54.3 Å². The van der Waals surface area contributed by atoms with Gasteiger partial charge in [-0.15, -0.1) is 0 Å². The third-order valence-electron chi connectivity index (χ3n) is 5.57. The Labute approximate surface area is 170 Å². The average Bonchev–Trinajstić information content (AvgIpc) is 3.14. The van der Waals surface area contributed by atoms with Gasteiger partial charge in [-0.25, -0.2) is 0 Å². The van der Waals surface area contributed by atoms with E-state index in [0.29, 0.717) is 35.1 Å². The normalized spacial score (nSPS) is 15.7. The van der Waals surface area contributed by atoms with Crippen molar-refractivity contribution in [3.8, 4) is 22.8 Å². The van der Waals surface area contributed by atoms with Gasteiger partial charge in [0.2, 0.25) is 0 Å². The summed E-state index contributed by atoms with van der Waals surface area (Å²) in [5.41, 5.74) is 4.21. The second kappa shape index (κ2) is 7.62. The van der Waals surface area contributed by atoms with Crippen LogP contribution in [0.1, 0.15) is 40.2 Å². The zero-order chi connectivity index (χ0) is 20.5. The fourth-order valence-corrected chi connectivity index (χ4v) is 3.98. The molecule has 150 valence electrons. The highest BCUT2D eigenvalue weighted by molar-refractivity contribution is 6.01. The molecule has 1 aliphatic rings. The molecule has 1 aliphatic heterocycles. The minimum absolute atomic E-state index is 0.0736. The van der Waals surface area contributed by atoms with Gasteiger partial charge >= 0.3 is 0 Å². The molecule has 1 atom stereocenters. The smallest absolute Gasteiger partial charge is 0.260 e. The van der Waals surface area contributed by atoms with Crippen LogP contribution in [0.25, 0.3) is 11.3 Å². The lowest BCUT2D eigenvalue weighted by Crippen LogP contribution is -2.39. The molecular weight excluding hydrogens is 368 g/mol. The first-order valence-electron chi connectivity index (χ1n) is 9.62. The van der Waals surface area contributed by atoms with E-state index in [2.05, 4.69) is 5.16 Å². The van der Waals surface area contributed by atoms with Crippen LogP contribution in [-0.2, 0) is 6.42 Å². The Morgan fingerprint density at radius 1 is 1.14 bits per heavy atom. The number of ether oxygens (including phenoxy) is 2. The van der Waals surface area contributed by atoms with Gasteiger partial charge in [-0.1, -0.05) is 35.5 Å². The highest BCUT2D eigenvalue weighted by Gasteiger charge is 2.33. The van der Waals surface area contributed by atoms with Crippen molar-refractivity contribution in [1.82, 2.24) is 10.1 Å². The Kier molecular flexibility index (Phi) is 5.01. The van der Waals surface area contributed by atoms with Crippen molar-refractivity contribution in [2.45, 2.75) is 26.3 Å². The number of nitrogens with zero attached hydrogens (tertiary/aromatic N) is 2. The van der Waals surface area contributed by atoms with Crippen LogP contribution < -0.4 is 9.47 Å².